The number of aromatic amines is 1. The second-order valence-electron chi connectivity index (χ2n) is 10.6. The van der Waals surface area contributed by atoms with E-state index in [4.69, 9.17) is 10.7 Å². The number of carbonyl (C=O) groups is 1. The van der Waals surface area contributed by atoms with Crippen LogP contribution in [0.2, 0.25) is 0 Å². The van der Waals surface area contributed by atoms with Crippen molar-refractivity contribution in [2.75, 3.05) is 12.0 Å². The molecular formula is C27H26N10O3S. The summed E-state index contributed by atoms with van der Waals surface area (Å²) in [7, 11) is -3.76. The summed E-state index contributed by atoms with van der Waals surface area (Å²) in [6, 6.07) is 9.57. The lowest BCUT2D eigenvalue weighted by Crippen LogP contribution is -2.46. The number of benzene rings is 1. The van der Waals surface area contributed by atoms with Crippen LogP contribution in [0.1, 0.15) is 47.8 Å². The Morgan fingerprint density at radius 2 is 1.71 bits per heavy atom. The van der Waals surface area contributed by atoms with E-state index < -0.39 is 9.84 Å². The van der Waals surface area contributed by atoms with E-state index in [2.05, 4.69) is 30.5 Å². The van der Waals surface area contributed by atoms with Crippen LogP contribution in [-0.4, -0.2) is 77.5 Å². The molecule has 0 spiro atoms. The van der Waals surface area contributed by atoms with Gasteiger partial charge in [-0.1, -0.05) is 30.3 Å². The molecular weight excluding hydrogens is 544 g/mol. The van der Waals surface area contributed by atoms with E-state index in [0.29, 0.717) is 35.4 Å². The first-order chi connectivity index (χ1) is 19.8. The SMILES string of the molecule is CS(=O)(=O)c1c(C2CC3CCC(C2)N3C(=O)c2cn[nH]n2)nc2c(-c3cnc(-c4ccccc4)cn3)cnn2c1N. The van der Waals surface area contributed by atoms with Crippen LogP contribution in [0.3, 0.4) is 0 Å². The van der Waals surface area contributed by atoms with Crippen LogP contribution in [0.4, 0.5) is 5.82 Å². The fourth-order valence-corrected chi connectivity index (χ4v) is 7.31. The molecule has 208 valence electrons. The molecule has 2 fully saturated rings. The highest BCUT2D eigenvalue weighted by molar-refractivity contribution is 7.91. The summed E-state index contributed by atoms with van der Waals surface area (Å²) in [6.07, 6.45) is 10.2. The minimum Gasteiger partial charge on any atom is -0.382 e. The predicted molar refractivity (Wildman–Crippen MR) is 148 cm³/mol. The maximum Gasteiger partial charge on any atom is 0.276 e. The third kappa shape index (κ3) is 4.22. The van der Waals surface area contributed by atoms with E-state index in [0.717, 1.165) is 30.4 Å². The van der Waals surface area contributed by atoms with Crippen molar-refractivity contribution in [1.82, 2.24) is 44.9 Å². The van der Waals surface area contributed by atoms with Crippen molar-refractivity contribution < 1.29 is 13.2 Å². The number of H-pyrrole nitrogens is 1. The van der Waals surface area contributed by atoms with Crippen LogP contribution in [0.15, 0.2) is 60.0 Å². The Morgan fingerprint density at radius 1 is 1.00 bits per heavy atom. The Balaban J connectivity index is 1.29. The molecule has 7 rings (SSSR count). The monoisotopic (exact) mass is 570 g/mol. The largest absolute Gasteiger partial charge is 0.382 e. The minimum atomic E-state index is -3.76. The molecule has 0 aliphatic carbocycles. The number of aromatic nitrogens is 8. The van der Waals surface area contributed by atoms with Gasteiger partial charge in [0.15, 0.2) is 21.2 Å². The smallest absolute Gasteiger partial charge is 0.276 e. The van der Waals surface area contributed by atoms with Gasteiger partial charge in [-0.25, -0.2) is 13.4 Å². The van der Waals surface area contributed by atoms with E-state index in [9.17, 15) is 13.2 Å². The van der Waals surface area contributed by atoms with Crippen molar-refractivity contribution in [2.45, 2.75) is 48.6 Å². The standard InChI is InChI=1S/C27H26N10O3S/c1-41(39,40)24-23(16-9-17-7-8-18(10-16)36(17)27(38)22-14-31-35-34-22)33-26-19(11-32-37(26)25(24)28)21-13-29-20(12-30-21)15-5-3-2-4-6-15/h2-6,11-14,16-18H,7-10,28H2,1H3,(H,31,34,35). The van der Waals surface area contributed by atoms with Crippen molar-refractivity contribution in [2.24, 2.45) is 0 Å². The molecule has 4 aromatic heterocycles. The van der Waals surface area contributed by atoms with Gasteiger partial charge in [0.25, 0.3) is 5.91 Å². The van der Waals surface area contributed by atoms with Gasteiger partial charge in [-0.3, -0.25) is 14.8 Å². The zero-order valence-corrected chi connectivity index (χ0v) is 22.9. The van der Waals surface area contributed by atoms with Crippen LogP contribution < -0.4 is 5.73 Å². The number of nitrogen functional groups attached to an aromatic ring is 1. The van der Waals surface area contributed by atoms with Gasteiger partial charge >= 0.3 is 0 Å². The van der Waals surface area contributed by atoms with Crippen molar-refractivity contribution >= 4 is 27.2 Å². The normalized spacial score (nSPS) is 20.5. The molecule has 2 unspecified atom stereocenters. The zero-order chi connectivity index (χ0) is 28.3. The number of sulfone groups is 1. The molecule has 6 heterocycles. The van der Waals surface area contributed by atoms with E-state index >= 15 is 0 Å². The average Bonchev–Trinajstić information content (AvgIpc) is 3.71. The Hall–Kier alpha value is -4.72. The Bertz CT molecular complexity index is 1860. The molecule has 0 radical (unpaired) electrons. The molecule has 13 nitrogen and oxygen atoms in total. The van der Waals surface area contributed by atoms with E-state index in [1.807, 2.05) is 35.2 Å². The summed E-state index contributed by atoms with van der Waals surface area (Å²) in [5.41, 5.74) is 10.4. The van der Waals surface area contributed by atoms with Gasteiger partial charge < -0.3 is 10.6 Å². The fourth-order valence-electron chi connectivity index (χ4n) is 6.25. The molecule has 1 amide bonds. The van der Waals surface area contributed by atoms with Gasteiger partial charge in [0.1, 0.15) is 10.7 Å². The molecule has 2 saturated heterocycles. The first kappa shape index (κ1) is 25.3. The molecule has 2 bridgehead atoms. The lowest BCUT2D eigenvalue weighted by molar-refractivity contribution is 0.0562. The lowest BCUT2D eigenvalue weighted by atomic mass is 9.87. The maximum absolute atomic E-state index is 13.1. The van der Waals surface area contributed by atoms with Crippen LogP contribution in [0.5, 0.6) is 0 Å². The molecule has 2 atom stereocenters. The van der Waals surface area contributed by atoms with Crippen LogP contribution >= 0.6 is 0 Å². The van der Waals surface area contributed by atoms with Gasteiger partial charge in [0.05, 0.1) is 47.4 Å². The van der Waals surface area contributed by atoms with Crippen molar-refractivity contribution in [3.63, 3.8) is 0 Å². The molecule has 2 aliphatic rings. The highest BCUT2D eigenvalue weighted by atomic mass is 32.2. The van der Waals surface area contributed by atoms with Gasteiger partial charge in [-0.2, -0.15) is 25.0 Å². The summed E-state index contributed by atoms with van der Waals surface area (Å²) in [6.45, 7) is 0. The average molecular weight is 571 g/mol. The van der Waals surface area contributed by atoms with Gasteiger partial charge in [0.2, 0.25) is 0 Å². The summed E-state index contributed by atoms with van der Waals surface area (Å²) < 4.78 is 27.4. The first-order valence-electron chi connectivity index (χ1n) is 13.2. The molecule has 3 N–H and O–H groups in total. The molecule has 0 saturated carbocycles. The van der Waals surface area contributed by atoms with E-state index in [-0.39, 0.29) is 40.3 Å². The summed E-state index contributed by atoms with van der Waals surface area (Å²) in [4.78, 5) is 29.1. The number of hydrogen-bond acceptors (Lipinski definition) is 10. The van der Waals surface area contributed by atoms with Gasteiger partial charge in [-0.15, -0.1) is 0 Å². The number of nitrogens with one attached hydrogen (secondary N) is 1. The minimum absolute atomic E-state index is 0.000986. The van der Waals surface area contributed by atoms with E-state index in [1.165, 1.54) is 10.7 Å². The van der Waals surface area contributed by atoms with Crippen molar-refractivity contribution in [1.29, 1.82) is 0 Å². The van der Waals surface area contributed by atoms with Gasteiger partial charge in [0, 0.05) is 29.8 Å². The molecule has 41 heavy (non-hydrogen) atoms. The molecule has 5 aromatic rings. The number of piperidine rings is 1. The number of nitrogens with zero attached hydrogens (tertiary/aromatic N) is 8. The zero-order valence-electron chi connectivity index (χ0n) is 22.0. The van der Waals surface area contributed by atoms with Gasteiger partial charge in [-0.05, 0) is 25.7 Å². The highest BCUT2D eigenvalue weighted by Gasteiger charge is 2.46. The topological polar surface area (TPSA) is 178 Å². The summed E-state index contributed by atoms with van der Waals surface area (Å²) >= 11 is 0. The fraction of sp³-hybridized carbons (Fsp3) is 0.296. The number of hydrogen-bond donors (Lipinski definition) is 2. The van der Waals surface area contributed by atoms with Crippen LogP contribution in [0, 0.1) is 0 Å². The molecule has 14 heteroatoms. The third-order valence-electron chi connectivity index (χ3n) is 8.02. The number of carbonyl (C=O) groups excluding carboxylic acids is 1. The third-order valence-corrected chi connectivity index (χ3v) is 9.18. The van der Waals surface area contributed by atoms with E-state index in [1.54, 1.807) is 18.6 Å². The maximum atomic E-state index is 13.1. The Morgan fingerprint density at radius 3 is 2.34 bits per heavy atom. The Labute approximate surface area is 234 Å². The van der Waals surface area contributed by atoms with Crippen molar-refractivity contribution in [3.05, 3.63) is 66.5 Å². The second-order valence-corrected chi connectivity index (χ2v) is 12.5. The predicted octanol–water partition coefficient (Wildman–Crippen LogP) is 2.51. The number of amides is 1. The second kappa shape index (κ2) is 9.44. The lowest BCUT2D eigenvalue weighted by Gasteiger charge is -2.38. The first-order valence-corrected chi connectivity index (χ1v) is 15.1. The van der Waals surface area contributed by atoms with Crippen LogP contribution in [0.25, 0.3) is 28.2 Å². The number of fused-ring (bicyclic) bond motifs is 3. The summed E-state index contributed by atoms with van der Waals surface area (Å²) in [5.74, 6) is -0.396. The molecule has 1 aromatic carbocycles. The van der Waals surface area contributed by atoms with Crippen molar-refractivity contribution in [3.8, 4) is 22.5 Å². The van der Waals surface area contributed by atoms with Crippen LogP contribution in [-0.2, 0) is 9.84 Å². The number of nitrogens with two attached hydrogens (primary N) is 1. The highest BCUT2D eigenvalue weighted by Crippen LogP contribution is 2.45. The quantitative estimate of drug-likeness (QED) is 0.319. The summed E-state index contributed by atoms with van der Waals surface area (Å²) in [5, 5.41) is 14.6. The molecule has 2 aliphatic heterocycles. The number of rotatable bonds is 5. The number of anilines is 1. The Kier molecular flexibility index (Phi) is 5.81.